The van der Waals surface area contributed by atoms with Gasteiger partial charge in [0.2, 0.25) is 4.80 Å². The van der Waals surface area contributed by atoms with Gasteiger partial charge in [-0.05, 0) is 40.4 Å². The van der Waals surface area contributed by atoms with Crippen LogP contribution in [0.4, 0.5) is 5.69 Å². The van der Waals surface area contributed by atoms with Crippen LogP contribution in [-0.2, 0) is 0 Å². The Labute approximate surface area is 151 Å². The Morgan fingerprint density at radius 1 is 0.875 bits per heavy atom. The molecule has 0 bridgehead atoms. The second-order valence-electron chi connectivity index (χ2n) is 4.94. The third-order valence-corrected chi connectivity index (χ3v) is 5.72. The van der Waals surface area contributed by atoms with Crippen LogP contribution in [0, 0.1) is 0 Å². The molecule has 0 amide bonds. The van der Waals surface area contributed by atoms with Crippen molar-refractivity contribution in [3.8, 4) is 10.6 Å². The number of hydrogen-bond acceptors (Lipinski definition) is 5. The lowest BCUT2D eigenvalue weighted by molar-refractivity contribution is 0.856. The molecule has 6 heteroatoms. The third kappa shape index (κ3) is 3.31. The molecular weight excluding hydrogens is 354 g/mol. The van der Waals surface area contributed by atoms with Gasteiger partial charge in [0.05, 0.1) is 22.5 Å². The van der Waals surface area contributed by atoms with Crippen molar-refractivity contribution in [1.82, 2.24) is 4.68 Å². The van der Waals surface area contributed by atoms with Gasteiger partial charge in [0.25, 0.3) is 0 Å². The average Bonchev–Trinajstić information content (AvgIpc) is 3.36. The summed E-state index contributed by atoms with van der Waals surface area (Å²) in [4.78, 5) is 6.79. The first-order valence-electron chi connectivity index (χ1n) is 7.31. The van der Waals surface area contributed by atoms with Gasteiger partial charge >= 0.3 is 0 Å². The minimum absolute atomic E-state index is 0.857. The van der Waals surface area contributed by atoms with Gasteiger partial charge in [-0.25, -0.2) is 9.67 Å². The van der Waals surface area contributed by atoms with E-state index in [0.717, 1.165) is 21.7 Å². The predicted molar refractivity (Wildman–Crippen MR) is 105 cm³/mol. The van der Waals surface area contributed by atoms with Gasteiger partial charge in [0.15, 0.2) is 0 Å². The molecule has 0 N–H and O–H groups in total. The number of para-hydroxylation sites is 1. The zero-order chi connectivity index (χ0) is 16.2. The molecule has 24 heavy (non-hydrogen) atoms. The highest BCUT2D eigenvalue weighted by Crippen LogP contribution is 2.25. The van der Waals surface area contributed by atoms with E-state index in [1.54, 1.807) is 34.0 Å². The van der Waals surface area contributed by atoms with E-state index >= 15 is 0 Å². The SMILES string of the molecule is C(=Nn1c(-c2cccs2)csc1=Nc1ccccc1)c1ccsc1. The quantitative estimate of drug-likeness (QED) is 0.429. The van der Waals surface area contributed by atoms with Crippen molar-refractivity contribution in [3.63, 3.8) is 0 Å². The molecular formula is C18H13N3S3. The summed E-state index contributed by atoms with van der Waals surface area (Å²) in [6, 6.07) is 16.2. The highest BCUT2D eigenvalue weighted by atomic mass is 32.1. The summed E-state index contributed by atoms with van der Waals surface area (Å²) in [6.45, 7) is 0. The van der Waals surface area contributed by atoms with Gasteiger partial charge in [-0.15, -0.1) is 22.7 Å². The van der Waals surface area contributed by atoms with Gasteiger partial charge in [-0.3, -0.25) is 0 Å². The van der Waals surface area contributed by atoms with E-state index in [0.29, 0.717) is 0 Å². The fourth-order valence-corrected chi connectivity index (χ4v) is 4.43. The van der Waals surface area contributed by atoms with Crippen LogP contribution >= 0.6 is 34.0 Å². The topological polar surface area (TPSA) is 29.6 Å². The summed E-state index contributed by atoms with van der Waals surface area (Å²) < 4.78 is 1.92. The van der Waals surface area contributed by atoms with E-state index in [-0.39, 0.29) is 0 Å². The van der Waals surface area contributed by atoms with Crippen LogP contribution in [0.5, 0.6) is 0 Å². The van der Waals surface area contributed by atoms with Gasteiger partial charge in [0, 0.05) is 10.9 Å². The molecule has 3 nitrogen and oxygen atoms in total. The molecule has 0 spiro atoms. The molecule has 4 rings (SSSR count). The van der Waals surface area contributed by atoms with E-state index in [9.17, 15) is 0 Å². The summed E-state index contributed by atoms with van der Waals surface area (Å²) in [5, 5.41) is 13.0. The minimum Gasteiger partial charge on any atom is -0.220 e. The lowest BCUT2D eigenvalue weighted by Crippen LogP contribution is -2.11. The van der Waals surface area contributed by atoms with Crippen LogP contribution in [-0.4, -0.2) is 10.9 Å². The van der Waals surface area contributed by atoms with E-state index in [1.807, 2.05) is 41.2 Å². The Morgan fingerprint density at radius 2 is 1.79 bits per heavy atom. The first kappa shape index (κ1) is 15.3. The molecule has 0 saturated carbocycles. The fourth-order valence-electron chi connectivity index (χ4n) is 2.17. The standard InChI is InChI=1S/C18H13N3S3/c1-2-5-15(6-3-1)20-18-21(19-11-14-8-10-22-12-14)16(13-24-18)17-7-4-9-23-17/h1-13H. The van der Waals surface area contributed by atoms with Crippen LogP contribution in [0.2, 0.25) is 0 Å². The Bertz CT molecular complexity index is 992. The zero-order valence-electron chi connectivity index (χ0n) is 12.6. The normalized spacial score (nSPS) is 12.2. The van der Waals surface area contributed by atoms with Gasteiger partial charge in [-0.2, -0.15) is 16.4 Å². The van der Waals surface area contributed by atoms with E-state index in [1.165, 1.54) is 4.88 Å². The molecule has 4 aromatic rings. The number of rotatable bonds is 4. The monoisotopic (exact) mass is 367 g/mol. The molecule has 0 aliphatic rings. The predicted octanol–water partition coefficient (Wildman–Crippen LogP) is 5.45. The first-order valence-corrected chi connectivity index (χ1v) is 10.0. The fraction of sp³-hybridized carbons (Fsp3) is 0. The number of nitrogens with zero attached hydrogens (tertiary/aromatic N) is 3. The highest BCUT2D eigenvalue weighted by Gasteiger charge is 2.08. The van der Waals surface area contributed by atoms with Gasteiger partial charge in [0.1, 0.15) is 0 Å². The lowest BCUT2D eigenvalue weighted by atomic mass is 10.3. The summed E-state index contributed by atoms with van der Waals surface area (Å²) in [7, 11) is 0. The second kappa shape index (κ2) is 7.09. The maximum atomic E-state index is 4.75. The molecule has 0 aliphatic heterocycles. The summed E-state index contributed by atoms with van der Waals surface area (Å²) in [5.41, 5.74) is 3.09. The van der Waals surface area contributed by atoms with Crippen LogP contribution in [0.3, 0.4) is 0 Å². The van der Waals surface area contributed by atoms with Crippen LogP contribution in [0.25, 0.3) is 10.6 Å². The number of thiazole rings is 1. The van der Waals surface area contributed by atoms with Crippen molar-refractivity contribution in [3.05, 3.63) is 80.4 Å². The summed E-state index contributed by atoms with van der Waals surface area (Å²) >= 11 is 4.97. The number of hydrogen-bond donors (Lipinski definition) is 0. The third-order valence-electron chi connectivity index (χ3n) is 3.31. The van der Waals surface area contributed by atoms with Crippen LogP contribution in [0.15, 0.2) is 80.1 Å². The summed E-state index contributed by atoms with van der Waals surface area (Å²) in [6.07, 6.45) is 1.88. The van der Waals surface area contributed by atoms with E-state index in [2.05, 4.69) is 44.8 Å². The van der Waals surface area contributed by atoms with Crippen molar-refractivity contribution < 1.29 is 0 Å². The van der Waals surface area contributed by atoms with Crippen molar-refractivity contribution in [2.75, 3.05) is 0 Å². The maximum absolute atomic E-state index is 4.75. The lowest BCUT2D eigenvalue weighted by Gasteiger charge is -2.00. The molecule has 118 valence electrons. The molecule has 0 radical (unpaired) electrons. The highest BCUT2D eigenvalue weighted by molar-refractivity contribution is 7.14. The number of benzene rings is 1. The smallest absolute Gasteiger partial charge is 0.211 e. The van der Waals surface area contributed by atoms with Crippen molar-refractivity contribution in [2.24, 2.45) is 10.1 Å². The molecule has 0 aliphatic carbocycles. The minimum atomic E-state index is 0.857. The van der Waals surface area contributed by atoms with E-state index in [4.69, 9.17) is 4.99 Å². The van der Waals surface area contributed by atoms with Crippen LogP contribution in [0.1, 0.15) is 5.56 Å². The van der Waals surface area contributed by atoms with Crippen molar-refractivity contribution in [1.29, 1.82) is 0 Å². The average molecular weight is 368 g/mol. The number of aromatic nitrogens is 1. The Kier molecular flexibility index (Phi) is 4.51. The van der Waals surface area contributed by atoms with E-state index < -0.39 is 0 Å². The molecule has 3 aromatic heterocycles. The molecule has 0 unspecified atom stereocenters. The number of thiophene rings is 2. The Hall–Kier alpha value is -2.28. The van der Waals surface area contributed by atoms with Crippen molar-refractivity contribution in [2.45, 2.75) is 0 Å². The molecule has 0 fully saturated rings. The largest absolute Gasteiger partial charge is 0.220 e. The first-order chi connectivity index (χ1) is 11.9. The Balaban J connectivity index is 1.84. The summed E-state index contributed by atoms with van der Waals surface area (Å²) in [5.74, 6) is 0. The van der Waals surface area contributed by atoms with Gasteiger partial charge < -0.3 is 0 Å². The van der Waals surface area contributed by atoms with Crippen molar-refractivity contribution >= 4 is 45.9 Å². The molecule has 0 saturated heterocycles. The zero-order valence-corrected chi connectivity index (χ0v) is 15.0. The second-order valence-corrected chi connectivity index (χ2v) is 7.51. The Morgan fingerprint density at radius 3 is 2.54 bits per heavy atom. The molecule has 1 aromatic carbocycles. The van der Waals surface area contributed by atoms with Gasteiger partial charge in [-0.1, -0.05) is 24.3 Å². The maximum Gasteiger partial charge on any atom is 0.211 e. The van der Waals surface area contributed by atoms with Crippen LogP contribution < -0.4 is 4.80 Å². The molecule has 3 heterocycles. The molecule has 0 atom stereocenters.